The van der Waals surface area contributed by atoms with Gasteiger partial charge in [0.25, 0.3) is 0 Å². The fourth-order valence-electron chi connectivity index (χ4n) is 0.932. The molecule has 1 aromatic rings. The molecule has 0 saturated heterocycles. The summed E-state index contributed by atoms with van der Waals surface area (Å²) in [6.07, 6.45) is 0. The molecule has 0 aliphatic heterocycles. The molecule has 0 radical (unpaired) electrons. The van der Waals surface area contributed by atoms with Gasteiger partial charge in [-0.2, -0.15) is 0 Å². The molecule has 0 unspecified atom stereocenters. The van der Waals surface area contributed by atoms with Crippen LogP contribution in [0.5, 0.6) is 0 Å². The van der Waals surface area contributed by atoms with Crippen molar-refractivity contribution in [2.24, 2.45) is 0 Å². The predicted molar refractivity (Wildman–Crippen MR) is 63.3 cm³/mol. The Kier molecular flexibility index (Phi) is 9.95. The zero-order chi connectivity index (χ0) is 8.69. The maximum atomic E-state index is 2.31. The summed E-state index contributed by atoms with van der Waals surface area (Å²) in [7, 11) is 0.0699. The summed E-state index contributed by atoms with van der Waals surface area (Å²) in [6.45, 7) is 8.46. The molecule has 0 atom stereocenters. The molecule has 0 nitrogen and oxygen atoms in total. The van der Waals surface area contributed by atoms with Crippen LogP contribution < -0.4 is 5.19 Å². The van der Waals surface area contributed by atoms with Crippen LogP contribution in [0.4, 0.5) is 0 Å². The van der Waals surface area contributed by atoms with Gasteiger partial charge in [0.1, 0.15) is 0 Å². The van der Waals surface area contributed by atoms with Crippen molar-refractivity contribution in [1.82, 2.24) is 0 Å². The quantitative estimate of drug-likeness (QED) is 0.585. The first-order valence-corrected chi connectivity index (χ1v) is 6.50. The van der Waals surface area contributed by atoms with Crippen LogP contribution in [0.25, 0.3) is 0 Å². The van der Waals surface area contributed by atoms with Gasteiger partial charge in [0.05, 0.1) is 9.52 Å². The average Bonchev–Trinajstić information content (AvgIpc) is 2.08. The van der Waals surface area contributed by atoms with E-state index in [1.165, 1.54) is 5.56 Å². The van der Waals surface area contributed by atoms with Crippen molar-refractivity contribution in [2.45, 2.75) is 34.7 Å². The summed E-state index contributed by atoms with van der Waals surface area (Å²) in [5.74, 6) is 0. The molecule has 0 saturated carbocycles. The second-order valence-electron chi connectivity index (χ2n) is 2.34. The van der Waals surface area contributed by atoms with Gasteiger partial charge in [0.2, 0.25) is 0 Å². The molecule has 0 aliphatic rings. The Hall–Kier alpha value is -0.563. The van der Waals surface area contributed by atoms with Crippen LogP contribution in [-0.2, 0) is 0 Å². The monoisotopic (exact) mass is 182 g/mol. The first kappa shape index (κ1) is 14.0. The molecular formula is C11H22Si. The highest BCUT2D eigenvalue weighted by Crippen LogP contribution is 1.91. The summed E-state index contributed by atoms with van der Waals surface area (Å²) in [5, 5.41) is 1.56. The number of aryl methyl sites for hydroxylation is 1. The molecule has 1 aromatic carbocycles. The van der Waals surface area contributed by atoms with Gasteiger partial charge in [0.15, 0.2) is 0 Å². The fourth-order valence-corrected chi connectivity index (χ4v) is 1.83. The van der Waals surface area contributed by atoms with E-state index in [0.29, 0.717) is 0 Å². The smallest absolute Gasteiger partial charge is 0.0517 e. The average molecular weight is 182 g/mol. The maximum absolute atomic E-state index is 2.31. The van der Waals surface area contributed by atoms with Crippen LogP contribution in [0, 0.1) is 6.92 Å². The highest BCUT2D eigenvalue weighted by Gasteiger charge is 1.86. The van der Waals surface area contributed by atoms with Crippen LogP contribution >= 0.6 is 0 Å². The van der Waals surface area contributed by atoms with Crippen LogP contribution in [-0.4, -0.2) is 9.52 Å². The summed E-state index contributed by atoms with van der Waals surface area (Å²) >= 11 is 0. The third-order valence-electron chi connectivity index (χ3n) is 1.49. The van der Waals surface area contributed by atoms with E-state index < -0.39 is 0 Å². The molecule has 1 rings (SSSR count). The minimum Gasteiger partial charge on any atom is -0.0776 e. The van der Waals surface area contributed by atoms with Crippen molar-refractivity contribution < 1.29 is 0 Å². The highest BCUT2D eigenvalue weighted by atomic mass is 28.2. The second-order valence-corrected chi connectivity index (χ2v) is 3.87. The minimum absolute atomic E-state index is 0. The Bertz CT molecular complexity index is 194. The summed E-state index contributed by atoms with van der Waals surface area (Å²) in [5.41, 5.74) is 1.39. The summed E-state index contributed by atoms with van der Waals surface area (Å²) < 4.78 is 0. The maximum Gasteiger partial charge on any atom is 0.0517 e. The Morgan fingerprint density at radius 1 is 1.17 bits per heavy atom. The molecule has 1 heteroatoms. The van der Waals surface area contributed by atoms with E-state index in [9.17, 15) is 0 Å². The van der Waals surface area contributed by atoms with E-state index >= 15 is 0 Å². The first-order chi connectivity index (χ1) is 5.33. The number of rotatable bonds is 1. The van der Waals surface area contributed by atoms with Crippen LogP contribution in [0.3, 0.4) is 0 Å². The topological polar surface area (TPSA) is 0 Å². The van der Waals surface area contributed by atoms with E-state index in [2.05, 4.69) is 37.7 Å². The Balaban J connectivity index is 0. The van der Waals surface area contributed by atoms with Crippen LogP contribution in [0.1, 0.15) is 26.8 Å². The molecule has 12 heavy (non-hydrogen) atoms. The predicted octanol–water partition coefficient (Wildman–Crippen LogP) is 2.50. The number of hydrogen-bond acceptors (Lipinski definition) is 0. The molecule has 0 fully saturated rings. The molecule has 0 aliphatic carbocycles. The molecule has 0 aromatic heterocycles. The van der Waals surface area contributed by atoms with Crippen molar-refractivity contribution in [3.05, 3.63) is 29.8 Å². The standard InChI is InChI=1S/C8H12Si.C2H6.CH4/c1-7-4-3-5-8(6-7)9-2;1-2;/h3-6H,9H2,1-2H3;1-2H3;1H4. The molecular weight excluding hydrogens is 160 g/mol. The summed E-state index contributed by atoms with van der Waals surface area (Å²) in [4.78, 5) is 0. The Labute approximate surface area is 79.8 Å². The lowest BCUT2D eigenvalue weighted by molar-refractivity contribution is 1.49. The molecule has 0 heterocycles. The van der Waals surface area contributed by atoms with Gasteiger partial charge in [-0.1, -0.05) is 62.8 Å². The van der Waals surface area contributed by atoms with Gasteiger partial charge in [0, 0.05) is 0 Å². The SMILES string of the molecule is C.CC.C[SiH2]c1cccc(C)c1. The molecule has 70 valence electrons. The van der Waals surface area contributed by atoms with Gasteiger partial charge in [-0.25, -0.2) is 0 Å². The van der Waals surface area contributed by atoms with Gasteiger partial charge in [-0.3, -0.25) is 0 Å². The highest BCUT2D eigenvalue weighted by molar-refractivity contribution is 6.51. The zero-order valence-corrected chi connectivity index (χ0v) is 9.43. The van der Waals surface area contributed by atoms with Crippen LogP contribution in [0.15, 0.2) is 24.3 Å². The van der Waals surface area contributed by atoms with Gasteiger partial charge in [-0.15, -0.1) is 0 Å². The van der Waals surface area contributed by atoms with E-state index in [0.717, 1.165) is 0 Å². The lowest BCUT2D eigenvalue weighted by atomic mass is 10.2. The third kappa shape index (κ3) is 5.14. The Morgan fingerprint density at radius 2 is 1.75 bits per heavy atom. The third-order valence-corrected chi connectivity index (χ3v) is 2.75. The zero-order valence-electron chi connectivity index (χ0n) is 8.02. The molecule has 0 amide bonds. The molecule has 0 bridgehead atoms. The largest absolute Gasteiger partial charge is 0.0776 e. The van der Waals surface area contributed by atoms with Gasteiger partial charge in [-0.05, 0) is 6.92 Å². The normalized spacial score (nSPS) is 8.67. The van der Waals surface area contributed by atoms with Crippen molar-refractivity contribution in [1.29, 1.82) is 0 Å². The first-order valence-electron chi connectivity index (χ1n) is 4.38. The van der Waals surface area contributed by atoms with E-state index in [1.807, 2.05) is 13.8 Å². The molecule has 0 N–H and O–H groups in total. The van der Waals surface area contributed by atoms with Gasteiger partial charge >= 0.3 is 0 Å². The van der Waals surface area contributed by atoms with Crippen molar-refractivity contribution in [2.75, 3.05) is 0 Å². The van der Waals surface area contributed by atoms with Crippen molar-refractivity contribution >= 4 is 14.7 Å². The lowest BCUT2D eigenvalue weighted by Crippen LogP contribution is -2.09. The van der Waals surface area contributed by atoms with E-state index in [4.69, 9.17) is 0 Å². The van der Waals surface area contributed by atoms with Crippen LogP contribution in [0.2, 0.25) is 6.55 Å². The van der Waals surface area contributed by atoms with E-state index in [1.54, 1.807) is 5.19 Å². The molecule has 0 spiro atoms. The number of benzene rings is 1. The second kappa shape index (κ2) is 8.53. The number of hydrogen-bond donors (Lipinski definition) is 0. The van der Waals surface area contributed by atoms with Crippen molar-refractivity contribution in [3.63, 3.8) is 0 Å². The fraction of sp³-hybridized carbons (Fsp3) is 0.455. The van der Waals surface area contributed by atoms with Crippen molar-refractivity contribution in [3.8, 4) is 0 Å². The van der Waals surface area contributed by atoms with E-state index in [-0.39, 0.29) is 16.9 Å². The Morgan fingerprint density at radius 3 is 2.08 bits per heavy atom. The van der Waals surface area contributed by atoms with Gasteiger partial charge < -0.3 is 0 Å². The lowest BCUT2D eigenvalue weighted by Gasteiger charge is -1.94. The summed E-state index contributed by atoms with van der Waals surface area (Å²) in [6, 6.07) is 8.79. The minimum atomic E-state index is 0.